The molecule has 0 spiro atoms. The fourth-order valence-electron chi connectivity index (χ4n) is 2.89. The van der Waals surface area contributed by atoms with Crippen LogP contribution in [0.1, 0.15) is 26.2 Å². The van der Waals surface area contributed by atoms with Gasteiger partial charge in [-0.3, -0.25) is 4.79 Å². The molecule has 0 aliphatic carbocycles. The van der Waals surface area contributed by atoms with Gasteiger partial charge in [-0.15, -0.1) is 0 Å². The summed E-state index contributed by atoms with van der Waals surface area (Å²) in [6.45, 7) is 2.46. The maximum absolute atomic E-state index is 12.5. The number of piperazine rings is 1. The van der Waals surface area contributed by atoms with E-state index in [1.54, 1.807) is 14.1 Å². The van der Waals surface area contributed by atoms with Crippen LogP contribution in [0.5, 0.6) is 0 Å². The molecule has 2 bridgehead atoms. The number of hydrogen-bond donors (Lipinski definition) is 1. The maximum atomic E-state index is 12.5. The van der Waals surface area contributed by atoms with Crippen LogP contribution < -0.4 is 5.32 Å². The minimum atomic E-state index is -3.55. The molecule has 0 aromatic carbocycles. The number of amides is 1. The van der Waals surface area contributed by atoms with E-state index in [0.717, 1.165) is 19.3 Å². The van der Waals surface area contributed by atoms with Crippen LogP contribution in [0.25, 0.3) is 0 Å². The van der Waals surface area contributed by atoms with E-state index in [0.29, 0.717) is 13.1 Å². The summed E-state index contributed by atoms with van der Waals surface area (Å²) < 4.78 is 26.5. The van der Waals surface area contributed by atoms with E-state index in [4.69, 9.17) is 0 Å². The van der Waals surface area contributed by atoms with Crippen LogP contribution in [0, 0.1) is 0 Å². The predicted molar refractivity (Wildman–Crippen MR) is 73.2 cm³/mol. The molecule has 0 aromatic heterocycles. The number of carbonyl (C=O) groups excluding carboxylic acids is 1. The molecule has 2 aliphatic heterocycles. The van der Waals surface area contributed by atoms with Crippen molar-refractivity contribution < 1.29 is 13.2 Å². The van der Waals surface area contributed by atoms with Crippen LogP contribution in [0.4, 0.5) is 0 Å². The van der Waals surface area contributed by atoms with Crippen molar-refractivity contribution in [1.82, 2.24) is 14.5 Å². The Hall–Kier alpha value is -0.660. The molecule has 7 heteroatoms. The van der Waals surface area contributed by atoms with Crippen LogP contribution in [-0.2, 0) is 14.8 Å². The van der Waals surface area contributed by atoms with Crippen molar-refractivity contribution in [2.75, 3.05) is 27.2 Å². The summed E-state index contributed by atoms with van der Waals surface area (Å²) in [5.41, 5.74) is 0. The third-order valence-corrected chi connectivity index (χ3v) is 6.13. The van der Waals surface area contributed by atoms with Gasteiger partial charge in [0.15, 0.2) is 5.25 Å². The fourth-order valence-corrected chi connectivity index (χ4v) is 4.58. The molecule has 2 aliphatic rings. The molecule has 2 fully saturated rings. The van der Waals surface area contributed by atoms with Crippen molar-refractivity contribution in [1.29, 1.82) is 0 Å². The Kier molecular flexibility index (Phi) is 4.17. The zero-order valence-corrected chi connectivity index (χ0v) is 12.6. The minimum Gasteiger partial charge on any atom is -0.348 e. The Labute approximate surface area is 115 Å². The lowest BCUT2D eigenvalue weighted by Crippen LogP contribution is -2.61. The molecule has 0 aromatic rings. The van der Waals surface area contributed by atoms with Crippen molar-refractivity contribution in [2.45, 2.75) is 43.5 Å². The Bertz CT molecular complexity index is 437. The predicted octanol–water partition coefficient (Wildman–Crippen LogP) is -0.381. The molecule has 0 saturated carbocycles. The van der Waals surface area contributed by atoms with E-state index in [1.165, 1.54) is 16.1 Å². The standard InChI is InChI=1S/C12H23N3O3S/c1-9(12(16)14(2)3)19(17,18)15-7-10-5-4-6-11(8-15)13-10/h9-11,13H,4-8H2,1-3H3. The van der Waals surface area contributed by atoms with Gasteiger partial charge in [-0.05, 0) is 19.8 Å². The topological polar surface area (TPSA) is 69.7 Å². The lowest BCUT2D eigenvalue weighted by molar-refractivity contribution is -0.128. The first-order valence-corrected chi connectivity index (χ1v) is 8.29. The van der Waals surface area contributed by atoms with Crippen molar-refractivity contribution in [2.24, 2.45) is 0 Å². The van der Waals surface area contributed by atoms with Crippen molar-refractivity contribution in [3.8, 4) is 0 Å². The first-order valence-electron chi connectivity index (χ1n) is 6.78. The highest BCUT2D eigenvalue weighted by atomic mass is 32.2. The Morgan fingerprint density at radius 2 is 1.79 bits per heavy atom. The van der Waals surface area contributed by atoms with Crippen molar-refractivity contribution in [3.05, 3.63) is 0 Å². The summed E-state index contributed by atoms with van der Waals surface area (Å²) in [6, 6.07) is 0.480. The van der Waals surface area contributed by atoms with Crippen LogP contribution in [0.2, 0.25) is 0 Å². The zero-order chi connectivity index (χ0) is 14.2. The number of nitrogens with zero attached hydrogens (tertiary/aromatic N) is 2. The van der Waals surface area contributed by atoms with Gasteiger partial charge in [0.05, 0.1) is 0 Å². The van der Waals surface area contributed by atoms with Crippen molar-refractivity contribution in [3.63, 3.8) is 0 Å². The number of carbonyl (C=O) groups is 1. The lowest BCUT2D eigenvalue weighted by Gasteiger charge is -2.42. The Balaban J connectivity index is 2.13. The number of hydrogen-bond acceptors (Lipinski definition) is 4. The average Bonchev–Trinajstić information content (AvgIpc) is 2.36. The van der Waals surface area contributed by atoms with E-state index in [9.17, 15) is 13.2 Å². The van der Waals surface area contributed by atoms with Crippen LogP contribution >= 0.6 is 0 Å². The normalized spacial score (nSPS) is 29.8. The second-order valence-corrected chi connectivity index (χ2v) is 7.98. The van der Waals surface area contributed by atoms with Gasteiger partial charge in [-0.2, -0.15) is 4.31 Å². The molecule has 2 saturated heterocycles. The van der Waals surface area contributed by atoms with Crippen LogP contribution in [0.15, 0.2) is 0 Å². The third-order valence-electron chi connectivity index (χ3n) is 4.02. The number of piperidine rings is 1. The summed E-state index contributed by atoms with van der Waals surface area (Å²) in [7, 11) is -0.378. The molecule has 2 rings (SSSR count). The Morgan fingerprint density at radius 1 is 1.26 bits per heavy atom. The third kappa shape index (κ3) is 2.93. The van der Waals surface area contributed by atoms with Crippen LogP contribution in [0.3, 0.4) is 0 Å². The molecule has 2 heterocycles. The van der Waals surface area contributed by atoms with E-state index in [2.05, 4.69) is 5.32 Å². The second-order valence-electron chi connectivity index (χ2n) is 5.73. The summed E-state index contributed by atoms with van der Waals surface area (Å²) >= 11 is 0. The molecule has 1 amide bonds. The molecule has 3 atom stereocenters. The van der Waals surface area contributed by atoms with Gasteiger partial charge in [0.25, 0.3) is 0 Å². The van der Waals surface area contributed by atoms with Crippen molar-refractivity contribution >= 4 is 15.9 Å². The van der Waals surface area contributed by atoms with E-state index in [-0.39, 0.29) is 18.0 Å². The summed E-state index contributed by atoms with van der Waals surface area (Å²) in [4.78, 5) is 13.2. The fraction of sp³-hybridized carbons (Fsp3) is 0.917. The highest BCUT2D eigenvalue weighted by Crippen LogP contribution is 2.23. The summed E-state index contributed by atoms with van der Waals surface area (Å²) in [5, 5.41) is 2.45. The average molecular weight is 289 g/mol. The van der Waals surface area contributed by atoms with Gasteiger partial charge in [-0.1, -0.05) is 6.42 Å². The molecule has 1 N–H and O–H groups in total. The monoisotopic (exact) mass is 289 g/mol. The Morgan fingerprint density at radius 3 is 2.26 bits per heavy atom. The molecular formula is C12H23N3O3S. The van der Waals surface area contributed by atoms with E-state index < -0.39 is 15.3 Å². The van der Waals surface area contributed by atoms with Gasteiger partial charge in [0, 0.05) is 39.3 Å². The molecular weight excluding hydrogens is 266 g/mol. The molecule has 3 unspecified atom stereocenters. The molecule has 0 radical (unpaired) electrons. The SMILES string of the molecule is CC(C(=O)N(C)C)S(=O)(=O)N1CC2CCCC(C1)N2. The number of rotatable bonds is 3. The van der Waals surface area contributed by atoms with Gasteiger partial charge in [0.2, 0.25) is 15.9 Å². The van der Waals surface area contributed by atoms with Gasteiger partial charge in [0.1, 0.15) is 0 Å². The van der Waals surface area contributed by atoms with Gasteiger partial charge in [-0.25, -0.2) is 8.42 Å². The minimum absolute atomic E-state index is 0.240. The summed E-state index contributed by atoms with van der Waals surface area (Å²) in [5.74, 6) is -0.358. The number of nitrogens with one attached hydrogen (secondary N) is 1. The van der Waals surface area contributed by atoms with E-state index in [1.807, 2.05) is 0 Å². The lowest BCUT2D eigenvalue weighted by atomic mass is 9.96. The summed E-state index contributed by atoms with van der Waals surface area (Å²) in [6.07, 6.45) is 3.18. The first kappa shape index (κ1) is 14.7. The molecule has 110 valence electrons. The maximum Gasteiger partial charge on any atom is 0.241 e. The zero-order valence-electron chi connectivity index (χ0n) is 11.8. The number of fused-ring (bicyclic) bond motifs is 2. The molecule has 6 nitrogen and oxygen atoms in total. The first-order chi connectivity index (χ1) is 8.82. The van der Waals surface area contributed by atoms with Crippen LogP contribution in [-0.4, -0.2) is 68.0 Å². The smallest absolute Gasteiger partial charge is 0.241 e. The highest BCUT2D eigenvalue weighted by Gasteiger charge is 2.40. The quantitative estimate of drug-likeness (QED) is 0.769. The second kappa shape index (κ2) is 5.38. The van der Waals surface area contributed by atoms with E-state index >= 15 is 0 Å². The molecule has 19 heavy (non-hydrogen) atoms. The highest BCUT2D eigenvalue weighted by molar-refractivity contribution is 7.90. The van der Waals surface area contributed by atoms with Gasteiger partial charge < -0.3 is 10.2 Å². The van der Waals surface area contributed by atoms with Gasteiger partial charge >= 0.3 is 0 Å². The largest absolute Gasteiger partial charge is 0.348 e. The number of sulfonamides is 1.